The topological polar surface area (TPSA) is 88.1 Å². The quantitative estimate of drug-likeness (QED) is 0.410. The molecule has 0 aliphatic carbocycles. The van der Waals surface area contributed by atoms with Crippen LogP contribution in [0.1, 0.15) is 37.0 Å². The van der Waals surface area contributed by atoms with Gasteiger partial charge in [0.2, 0.25) is 5.91 Å². The van der Waals surface area contributed by atoms with Crippen LogP contribution in [0.25, 0.3) is 11.3 Å². The van der Waals surface area contributed by atoms with E-state index >= 15 is 0 Å². The van der Waals surface area contributed by atoms with Crippen molar-refractivity contribution in [2.24, 2.45) is 0 Å². The van der Waals surface area contributed by atoms with Gasteiger partial charge in [0.15, 0.2) is 5.82 Å². The average molecular weight is 532 g/mol. The van der Waals surface area contributed by atoms with E-state index in [-0.39, 0.29) is 24.4 Å². The van der Waals surface area contributed by atoms with Gasteiger partial charge in [0.05, 0.1) is 19.9 Å². The zero-order valence-electron chi connectivity index (χ0n) is 23.2. The van der Waals surface area contributed by atoms with Crippen LogP contribution < -0.4 is 14.4 Å². The van der Waals surface area contributed by atoms with Crippen LogP contribution >= 0.6 is 0 Å². The molecule has 1 aliphatic rings. The molecular weight excluding hydrogens is 494 g/mol. The van der Waals surface area contributed by atoms with Crippen LogP contribution in [-0.2, 0) is 4.79 Å². The number of carbonyl (C=O) groups is 2. The van der Waals surface area contributed by atoms with Crippen molar-refractivity contribution in [1.82, 2.24) is 20.0 Å². The predicted octanol–water partition coefficient (Wildman–Crippen LogP) is 4.14. The molecule has 9 heteroatoms. The van der Waals surface area contributed by atoms with Crippen LogP contribution in [0, 0.1) is 0 Å². The lowest BCUT2D eigenvalue weighted by molar-refractivity contribution is -0.132. The van der Waals surface area contributed by atoms with Crippen LogP contribution in [0.2, 0.25) is 0 Å². The van der Waals surface area contributed by atoms with E-state index in [1.807, 2.05) is 55.1 Å². The monoisotopic (exact) mass is 531 g/mol. The van der Waals surface area contributed by atoms with Crippen LogP contribution in [0.15, 0.2) is 60.7 Å². The summed E-state index contributed by atoms with van der Waals surface area (Å²) >= 11 is 0. The zero-order valence-corrected chi connectivity index (χ0v) is 23.2. The standard InChI is InChI=1S/C30H37N5O4/c1-5-22(2)35(30(37)24-8-6-9-26(20-24)39-4)21-29(36)34-17-7-16-33(18-19-34)28-15-14-27(31-32-28)23-10-12-25(38-3)13-11-23/h6,8-15,20,22H,5,7,16-19,21H2,1-4H3. The van der Waals surface area contributed by atoms with Crippen LogP contribution in [0.5, 0.6) is 11.5 Å². The number of carbonyl (C=O) groups excluding carboxylic acids is 2. The summed E-state index contributed by atoms with van der Waals surface area (Å²) in [6.07, 6.45) is 1.56. The second-order valence-corrected chi connectivity index (χ2v) is 9.65. The lowest BCUT2D eigenvalue weighted by Gasteiger charge is -2.31. The Hall–Kier alpha value is -4.14. The van der Waals surface area contributed by atoms with E-state index in [1.165, 1.54) is 0 Å². The molecule has 1 aromatic heterocycles. The van der Waals surface area contributed by atoms with Crippen LogP contribution in [0.3, 0.4) is 0 Å². The Morgan fingerprint density at radius 2 is 1.69 bits per heavy atom. The Morgan fingerprint density at radius 3 is 2.36 bits per heavy atom. The number of amides is 2. The highest BCUT2D eigenvalue weighted by Gasteiger charge is 2.27. The molecule has 1 atom stereocenters. The van der Waals surface area contributed by atoms with Crippen molar-refractivity contribution in [3.8, 4) is 22.8 Å². The van der Waals surface area contributed by atoms with Gasteiger partial charge in [-0.3, -0.25) is 9.59 Å². The highest BCUT2D eigenvalue weighted by atomic mass is 16.5. The summed E-state index contributed by atoms with van der Waals surface area (Å²) in [6, 6.07) is 18.6. The maximum absolute atomic E-state index is 13.4. The van der Waals surface area contributed by atoms with E-state index < -0.39 is 0 Å². The average Bonchev–Trinajstić information content (AvgIpc) is 3.26. The van der Waals surface area contributed by atoms with Crippen molar-refractivity contribution in [2.75, 3.05) is 51.8 Å². The normalized spacial score (nSPS) is 14.4. The first kappa shape index (κ1) is 27.9. The summed E-state index contributed by atoms with van der Waals surface area (Å²) in [5.74, 6) is 1.98. The molecule has 1 saturated heterocycles. The molecule has 2 heterocycles. The second-order valence-electron chi connectivity index (χ2n) is 9.65. The van der Waals surface area contributed by atoms with Crippen LogP contribution in [-0.4, -0.2) is 84.8 Å². The predicted molar refractivity (Wildman–Crippen MR) is 151 cm³/mol. The van der Waals surface area contributed by atoms with E-state index in [1.54, 1.807) is 43.4 Å². The van der Waals surface area contributed by atoms with Crippen LogP contribution in [0.4, 0.5) is 5.82 Å². The lowest BCUT2D eigenvalue weighted by Crippen LogP contribution is -2.47. The first-order valence-electron chi connectivity index (χ1n) is 13.4. The SMILES string of the molecule is CCC(C)N(CC(=O)N1CCCN(c2ccc(-c3ccc(OC)cc3)nn2)CC1)C(=O)c1cccc(OC)c1. The molecule has 2 aromatic carbocycles. The van der Waals surface area contributed by atoms with E-state index in [0.29, 0.717) is 30.9 Å². The number of nitrogens with zero attached hydrogens (tertiary/aromatic N) is 5. The minimum Gasteiger partial charge on any atom is -0.497 e. The van der Waals surface area contributed by atoms with E-state index in [0.717, 1.165) is 42.2 Å². The summed E-state index contributed by atoms with van der Waals surface area (Å²) in [5.41, 5.74) is 2.27. The molecule has 2 amide bonds. The summed E-state index contributed by atoms with van der Waals surface area (Å²) in [4.78, 5) is 32.4. The van der Waals surface area contributed by atoms with Gasteiger partial charge in [0, 0.05) is 43.3 Å². The molecule has 0 spiro atoms. The Morgan fingerprint density at radius 1 is 0.923 bits per heavy atom. The van der Waals surface area contributed by atoms with Gasteiger partial charge in [-0.25, -0.2) is 0 Å². The third-order valence-electron chi connectivity index (χ3n) is 7.21. The molecule has 1 fully saturated rings. The summed E-state index contributed by atoms with van der Waals surface area (Å²) < 4.78 is 10.5. The number of benzene rings is 2. The molecule has 9 nitrogen and oxygen atoms in total. The fraction of sp³-hybridized carbons (Fsp3) is 0.400. The first-order valence-corrected chi connectivity index (χ1v) is 13.4. The Labute approximate surface area is 230 Å². The molecule has 0 saturated carbocycles. The van der Waals surface area contributed by atoms with Gasteiger partial charge in [-0.05, 0) is 74.4 Å². The van der Waals surface area contributed by atoms with Gasteiger partial charge >= 0.3 is 0 Å². The number of ether oxygens (including phenoxy) is 2. The second kappa shape index (κ2) is 13.1. The molecule has 0 N–H and O–H groups in total. The van der Waals surface area contributed by atoms with E-state index in [9.17, 15) is 9.59 Å². The number of anilines is 1. The van der Waals surface area contributed by atoms with Crippen molar-refractivity contribution in [2.45, 2.75) is 32.7 Å². The number of methoxy groups -OCH3 is 2. The van der Waals surface area contributed by atoms with Gasteiger partial charge < -0.3 is 24.2 Å². The largest absolute Gasteiger partial charge is 0.497 e. The molecule has 1 unspecified atom stereocenters. The zero-order chi connectivity index (χ0) is 27.8. The van der Waals surface area contributed by atoms with E-state index in [4.69, 9.17) is 9.47 Å². The minimum absolute atomic E-state index is 0.0431. The Bertz CT molecular complexity index is 1250. The molecule has 206 valence electrons. The molecular formula is C30H37N5O4. The van der Waals surface area contributed by atoms with Gasteiger partial charge in [-0.15, -0.1) is 10.2 Å². The number of rotatable bonds is 9. The molecule has 0 radical (unpaired) electrons. The van der Waals surface area contributed by atoms with E-state index in [2.05, 4.69) is 15.1 Å². The third kappa shape index (κ3) is 6.85. The van der Waals surface area contributed by atoms with Crippen molar-refractivity contribution < 1.29 is 19.1 Å². The number of hydrogen-bond acceptors (Lipinski definition) is 7. The smallest absolute Gasteiger partial charge is 0.254 e. The summed E-state index contributed by atoms with van der Waals surface area (Å²) in [5, 5.41) is 8.89. The molecule has 0 bridgehead atoms. The van der Waals surface area contributed by atoms with Gasteiger partial charge in [0.1, 0.15) is 18.0 Å². The molecule has 4 rings (SSSR count). The number of aromatic nitrogens is 2. The van der Waals surface area contributed by atoms with Gasteiger partial charge in [-0.1, -0.05) is 13.0 Å². The minimum atomic E-state index is -0.166. The molecule has 1 aliphatic heterocycles. The van der Waals surface area contributed by atoms with Crippen molar-refractivity contribution in [3.63, 3.8) is 0 Å². The first-order chi connectivity index (χ1) is 18.9. The highest BCUT2D eigenvalue weighted by molar-refractivity contribution is 5.97. The van der Waals surface area contributed by atoms with Gasteiger partial charge in [0.25, 0.3) is 5.91 Å². The number of hydrogen-bond donors (Lipinski definition) is 0. The molecule has 3 aromatic rings. The fourth-order valence-electron chi connectivity index (χ4n) is 4.62. The Kier molecular flexibility index (Phi) is 9.35. The molecule has 39 heavy (non-hydrogen) atoms. The lowest BCUT2D eigenvalue weighted by atomic mass is 10.1. The Balaban J connectivity index is 1.39. The maximum atomic E-state index is 13.4. The summed E-state index contributed by atoms with van der Waals surface area (Å²) in [6.45, 7) is 6.65. The summed E-state index contributed by atoms with van der Waals surface area (Å²) in [7, 11) is 3.21. The third-order valence-corrected chi connectivity index (χ3v) is 7.21. The fourth-order valence-corrected chi connectivity index (χ4v) is 4.62. The highest BCUT2D eigenvalue weighted by Crippen LogP contribution is 2.22. The van der Waals surface area contributed by atoms with Crippen molar-refractivity contribution >= 4 is 17.6 Å². The van der Waals surface area contributed by atoms with Gasteiger partial charge in [-0.2, -0.15) is 0 Å². The van der Waals surface area contributed by atoms with Crippen molar-refractivity contribution in [1.29, 1.82) is 0 Å². The van der Waals surface area contributed by atoms with Crippen molar-refractivity contribution in [3.05, 3.63) is 66.2 Å². The maximum Gasteiger partial charge on any atom is 0.254 e.